The molecule has 1 aromatic carbocycles. The number of aryl methyl sites for hydroxylation is 1. The molecule has 1 aliphatic heterocycles. The molecular weight excluding hydrogens is 421 g/mol. The van der Waals surface area contributed by atoms with Gasteiger partial charge in [-0.05, 0) is 50.8 Å². The topological polar surface area (TPSA) is 91.9 Å². The molecule has 9 heteroatoms. The van der Waals surface area contributed by atoms with E-state index in [9.17, 15) is 9.18 Å². The number of carbonyl (C=O) groups excluding carboxylic acids is 1. The molecule has 1 aliphatic carbocycles. The van der Waals surface area contributed by atoms with E-state index < -0.39 is 0 Å². The number of fused-ring (bicyclic) bond motifs is 1. The minimum absolute atomic E-state index is 0. The quantitative estimate of drug-likeness (QED) is 0.541. The predicted octanol–water partition coefficient (Wildman–Crippen LogP) is 3.37. The lowest BCUT2D eigenvalue weighted by Gasteiger charge is -2.12. The highest BCUT2D eigenvalue weighted by atomic mass is 35.5. The lowest BCUT2D eigenvalue weighted by Crippen LogP contribution is -2.36. The van der Waals surface area contributed by atoms with Crippen LogP contribution in [-0.4, -0.2) is 46.6 Å². The first-order valence-electron chi connectivity index (χ1n) is 10.4. The maximum Gasteiger partial charge on any atom is 0.255 e. The van der Waals surface area contributed by atoms with E-state index in [0.29, 0.717) is 46.1 Å². The zero-order valence-electron chi connectivity index (χ0n) is 17.2. The average Bonchev–Trinajstić information content (AvgIpc) is 3.29. The number of benzene rings is 1. The van der Waals surface area contributed by atoms with Crippen LogP contribution < -0.4 is 15.4 Å². The number of nitrogens with zero attached hydrogens (tertiary/aromatic N) is 2. The van der Waals surface area contributed by atoms with Crippen LogP contribution in [0.2, 0.25) is 0 Å². The van der Waals surface area contributed by atoms with Crippen LogP contribution >= 0.6 is 12.4 Å². The zero-order valence-corrected chi connectivity index (χ0v) is 18.0. The Morgan fingerprint density at radius 3 is 2.87 bits per heavy atom. The van der Waals surface area contributed by atoms with Gasteiger partial charge in [-0.1, -0.05) is 0 Å². The van der Waals surface area contributed by atoms with Gasteiger partial charge in [0.15, 0.2) is 0 Å². The minimum Gasteiger partial charge on any atom is -0.492 e. The molecule has 1 saturated carbocycles. The molecule has 0 radical (unpaired) electrons. The van der Waals surface area contributed by atoms with Gasteiger partial charge in [0.2, 0.25) is 0 Å². The Balaban J connectivity index is 0.00000231. The van der Waals surface area contributed by atoms with Gasteiger partial charge in [-0.25, -0.2) is 14.4 Å². The molecule has 0 bridgehead atoms. The van der Waals surface area contributed by atoms with Crippen molar-refractivity contribution >= 4 is 29.3 Å². The third-order valence-electron chi connectivity index (χ3n) is 5.76. The molecule has 3 N–H and O–H groups in total. The van der Waals surface area contributed by atoms with Crippen molar-refractivity contribution in [2.45, 2.75) is 32.2 Å². The Kier molecular flexibility index (Phi) is 6.11. The molecule has 2 aliphatic rings. The van der Waals surface area contributed by atoms with E-state index in [2.05, 4.69) is 25.6 Å². The Hall–Kier alpha value is -2.71. The molecule has 31 heavy (non-hydrogen) atoms. The highest BCUT2D eigenvalue weighted by Gasteiger charge is 2.26. The number of hydrogen-bond acceptors (Lipinski definition) is 5. The Morgan fingerprint density at radius 2 is 2.13 bits per heavy atom. The average molecular weight is 446 g/mol. The largest absolute Gasteiger partial charge is 0.492 e. The summed E-state index contributed by atoms with van der Waals surface area (Å²) in [7, 11) is 0. The molecule has 2 aromatic heterocycles. The highest BCUT2D eigenvalue weighted by Crippen LogP contribution is 2.36. The standard InChI is InChI=1S/C22H24FN5O2.ClH/c1-12-18(22(29)28-15-6-7-24-9-15)20-21(27-12)19(25-11-26-20)16-5-4-14(23)8-17(16)30-10-13-2-3-13;/h4-5,8,11,13,15,24,27H,2-3,6-7,9-10H2,1H3,(H,28,29);1H/t15-;/m1./s1. The van der Waals surface area contributed by atoms with Crippen LogP contribution in [0.15, 0.2) is 24.5 Å². The van der Waals surface area contributed by atoms with Gasteiger partial charge in [0.05, 0.1) is 17.7 Å². The van der Waals surface area contributed by atoms with E-state index in [4.69, 9.17) is 4.74 Å². The summed E-state index contributed by atoms with van der Waals surface area (Å²) in [6.07, 6.45) is 4.64. The second kappa shape index (κ2) is 8.80. The van der Waals surface area contributed by atoms with Gasteiger partial charge in [-0.15, -0.1) is 12.4 Å². The first kappa shape index (κ1) is 21.5. The smallest absolute Gasteiger partial charge is 0.255 e. The summed E-state index contributed by atoms with van der Waals surface area (Å²) >= 11 is 0. The first-order valence-corrected chi connectivity index (χ1v) is 10.4. The van der Waals surface area contributed by atoms with Gasteiger partial charge >= 0.3 is 0 Å². The Labute approximate surface area is 185 Å². The van der Waals surface area contributed by atoms with Crippen molar-refractivity contribution in [3.05, 3.63) is 41.6 Å². The fourth-order valence-corrected chi connectivity index (χ4v) is 3.94. The number of H-pyrrole nitrogens is 1. The summed E-state index contributed by atoms with van der Waals surface area (Å²) in [6.45, 7) is 4.09. The summed E-state index contributed by atoms with van der Waals surface area (Å²) in [5.41, 5.74) is 3.71. The normalized spacial score (nSPS) is 18.1. The molecule has 1 atom stereocenters. The fourth-order valence-electron chi connectivity index (χ4n) is 3.94. The summed E-state index contributed by atoms with van der Waals surface area (Å²) < 4.78 is 19.8. The summed E-state index contributed by atoms with van der Waals surface area (Å²) in [6, 6.07) is 4.56. The third-order valence-corrected chi connectivity index (χ3v) is 5.76. The molecule has 164 valence electrons. The van der Waals surface area contributed by atoms with E-state index in [1.165, 1.54) is 18.5 Å². The van der Waals surface area contributed by atoms with Crippen LogP contribution in [0, 0.1) is 18.7 Å². The van der Waals surface area contributed by atoms with Crippen molar-refractivity contribution in [1.29, 1.82) is 0 Å². The summed E-state index contributed by atoms with van der Waals surface area (Å²) in [5.74, 6) is 0.487. The molecule has 1 saturated heterocycles. The third kappa shape index (κ3) is 4.36. The number of carbonyl (C=O) groups is 1. The molecule has 1 amide bonds. The van der Waals surface area contributed by atoms with Gasteiger partial charge in [0.25, 0.3) is 5.91 Å². The van der Waals surface area contributed by atoms with Crippen LogP contribution in [0.25, 0.3) is 22.3 Å². The van der Waals surface area contributed by atoms with E-state index in [0.717, 1.165) is 38.0 Å². The van der Waals surface area contributed by atoms with Gasteiger partial charge < -0.3 is 20.4 Å². The molecule has 0 spiro atoms. The minimum atomic E-state index is -0.359. The van der Waals surface area contributed by atoms with E-state index >= 15 is 0 Å². The zero-order chi connectivity index (χ0) is 20.7. The molecule has 7 nitrogen and oxygen atoms in total. The van der Waals surface area contributed by atoms with Gasteiger partial charge in [-0.3, -0.25) is 4.79 Å². The molecule has 3 heterocycles. The molecular formula is C22H25ClFN5O2. The number of nitrogens with one attached hydrogen (secondary N) is 3. The summed E-state index contributed by atoms with van der Waals surface area (Å²) in [4.78, 5) is 25.0. The van der Waals surface area contributed by atoms with Crippen LogP contribution in [-0.2, 0) is 0 Å². The van der Waals surface area contributed by atoms with Crippen LogP contribution in [0.5, 0.6) is 5.75 Å². The van der Waals surface area contributed by atoms with Crippen molar-refractivity contribution in [1.82, 2.24) is 25.6 Å². The van der Waals surface area contributed by atoms with Crippen molar-refractivity contribution in [2.75, 3.05) is 19.7 Å². The van der Waals surface area contributed by atoms with Crippen LogP contribution in [0.1, 0.15) is 35.3 Å². The first-order chi connectivity index (χ1) is 14.6. The van der Waals surface area contributed by atoms with Crippen molar-refractivity contribution < 1.29 is 13.9 Å². The monoisotopic (exact) mass is 445 g/mol. The van der Waals surface area contributed by atoms with Crippen molar-refractivity contribution in [3.8, 4) is 17.0 Å². The van der Waals surface area contributed by atoms with Crippen LogP contribution in [0.3, 0.4) is 0 Å². The van der Waals surface area contributed by atoms with Crippen molar-refractivity contribution in [3.63, 3.8) is 0 Å². The van der Waals surface area contributed by atoms with E-state index in [1.54, 1.807) is 6.07 Å². The van der Waals surface area contributed by atoms with Gasteiger partial charge in [0.1, 0.15) is 29.1 Å². The predicted molar refractivity (Wildman–Crippen MR) is 118 cm³/mol. The van der Waals surface area contributed by atoms with E-state index in [-0.39, 0.29) is 30.2 Å². The number of amides is 1. The Bertz CT molecular complexity index is 1110. The SMILES string of the molecule is Cc1[nH]c2c(-c3ccc(F)cc3OCC3CC3)ncnc2c1C(=O)N[C@@H]1CCNC1.Cl. The lowest BCUT2D eigenvalue weighted by atomic mass is 10.1. The highest BCUT2D eigenvalue weighted by molar-refractivity contribution is 6.09. The maximum absolute atomic E-state index is 13.9. The Morgan fingerprint density at radius 1 is 1.29 bits per heavy atom. The number of rotatable bonds is 6. The molecule has 0 unspecified atom stereocenters. The number of halogens is 2. The second-order valence-corrected chi connectivity index (χ2v) is 8.13. The number of hydrogen-bond donors (Lipinski definition) is 3. The fraction of sp³-hybridized carbons (Fsp3) is 0.409. The van der Waals surface area contributed by atoms with E-state index in [1.807, 2.05) is 6.92 Å². The number of aromatic nitrogens is 3. The summed E-state index contributed by atoms with van der Waals surface area (Å²) in [5, 5.41) is 6.32. The molecule has 3 aromatic rings. The van der Waals surface area contributed by atoms with Crippen LogP contribution in [0.4, 0.5) is 4.39 Å². The lowest BCUT2D eigenvalue weighted by molar-refractivity contribution is 0.0941. The van der Waals surface area contributed by atoms with Gasteiger partial charge in [-0.2, -0.15) is 0 Å². The maximum atomic E-state index is 13.9. The molecule has 2 fully saturated rings. The second-order valence-electron chi connectivity index (χ2n) is 8.13. The number of ether oxygens (including phenoxy) is 1. The molecule has 5 rings (SSSR count). The van der Waals surface area contributed by atoms with Crippen molar-refractivity contribution in [2.24, 2.45) is 5.92 Å². The van der Waals surface area contributed by atoms with Gasteiger partial charge in [0, 0.05) is 29.9 Å². The number of aromatic amines is 1.